The highest BCUT2D eigenvalue weighted by molar-refractivity contribution is 7.13. The number of thiophene rings is 2. The van der Waals surface area contributed by atoms with Gasteiger partial charge in [-0.25, -0.2) is 9.59 Å². The largest absolute Gasteiger partial charge is 0.508 e. The van der Waals surface area contributed by atoms with Crippen molar-refractivity contribution in [2.75, 3.05) is 22.9 Å². The highest BCUT2D eigenvalue weighted by Crippen LogP contribution is 2.45. The van der Waals surface area contributed by atoms with Gasteiger partial charge in [0.25, 0.3) is 0 Å². The summed E-state index contributed by atoms with van der Waals surface area (Å²) in [4.78, 5) is 27.6. The minimum atomic E-state index is -4.44. The maximum Gasteiger partial charge on any atom is 0.426 e. The average Bonchev–Trinajstić information content (AvgIpc) is 4.09. The number of anilines is 2. The molecular weight excluding hydrogens is 974 g/mol. The van der Waals surface area contributed by atoms with Gasteiger partial charge >= 0.3 is 24.5 Å². The van der Waals surface area contributed by atoms with Crippen molar-refractivity contribution in [1.29, 1.82) is 0 Å². The predicted molar refractivity (Wildman–Crippen MR) is 269 cm³/mol. The number of aromatic hydroxyl groups is 1. The SMILES string of the molecule is C.Cc1c(O)ccc2c1CCN2C(=O)OC(C)(C)C.Cc1c(OCc2cc(-c3ccccc3)c(C(F)(F)F)s2)ccc2c1CCN2C(=O)OC(C)(C)C.FC(F)(F)c1sc(CCl)cc1-c1ccccc1. The number of nitrogens with zero attached hydrogens (tertiary/aromatic N) is 2. The van der Waals surface area contributed by atoms with Crippen molar-refractivity contribution in [3.8, 4) is 33.8 Å². The fraction of sp³-hybridized carbons (Fsp3) is 0.358. The lowest BCUT2D eigenvalue weighted by atomic mass is 10.1. The van der Waals surface area contributed by atoms with Gasteiger partial charge in [-0.2, -0.15) is 26.3 Å². The molecule has 2 aliphatic rings. The van der Waals surface area contributed by atoms with Crippen LogP contribution in [0, 0.1) is 13.8 Å². The smallest absolute Gasteiger partial charge is 0.426 e. The second-order valence-corrected chi connectivity index (χ2v) is 20.8. The van der Waals surface area contributed by atoms with Gasteiger partial charge in [-0.3, -0.25) is 9.80 Å². The molecule has 0 saturated carbocycles. The van der Waals surface area contributed by atoms with Crippen LogP contribution >= 0.6 is 34.3 Å². The number of hydrogen-bond acceptors (Lipinski definition) is 8. The van der Waals surface area contributed by atoms with Gasteiger partial charge in [-0.1, -0.05) is 68.1 Å². The molecule has 0 saturated heterocycles. The second-order valence-electron chi connectivity index (χ2n) is 18.2. The number of hydrogen-bond donors (Lipinski definition) is 1. The summed E-state index contributed by atoms with van der Waals surface area (Å²) in [6, 6.07) is 27.1. The molecule has 4 aromatic carbocycles. The number of carbonyl (C=O) groups excluding carboxylic acids is 2. The quantitative estimate of drug-likeness (QED) is 0.132. The molecule has 2 amide bonds. The van der Waals surface area contributed by atoms with Crippen LogP contribution in [-0.4, -0.2) is 41.6 Å². The molecule has 0 radical (unpaired) electrons. The van der Waals surface area contributed by atoms with Crippen LogP contribution in [-0.2, 0) is 47.2 Å². The second kappa shape index (κ2) is 22.2. The molecule has 376 valence electrons. The molecule has 70 heavy (non-hydrogen) atoms. The Balaban J connectivity index is 0.000000214. The minimum absolute atomic E-state index is 0. The molecule has 0 fully saturated rings. The molecule has 0 atom stereocenters. The van der Waals surface area contributed by atoms with Crippen molar-refractivity contribution >= 4 is 57.8 Å². The first-order valence-corrected chi connectivity index (χ1v) is 24.1. The van der Waals surface area contributed by atoms with E-state index in [1.54, 1.807) is 101 Å². The number of alkyl halides is 7. The molecule has 6 aromatic rings. The average molecular weight is 1030 g/mol. The molecule has 8 nitrogen and oxygen atoms in total. The highest BCUT2D eigenvalue weighted by Gasteiger charge is 2.38. The highest BCUT2D eigenvalue weighted by atomic mass is 35.5. The number of phenols is 1. The van der Waals surface area contributed by atoms with Gasteiger partial charge in [-0.15, -0.1) is 34.3 Å². The van der Waals surface area contributed by atoms with Crippen molar-refractivity contribution in [3.05, 3.63) is 139 Å². The number of benzene rings is 4. The lowest BCUT2D eigenvalue weighted by molar-refractivity contribution is -0.134. The summed E-state index contributed by atoms with van der Waals surface area (Å²) in [7, 11) is 0. The molecule has 4 heterocycles. The van der Waals surface area contributed by atoms with Crippen molar-refractivity contribution in [1.82, 2.24) is 0 Å². The summed E-state index contributed by atoms with van der Waals surface area (Å²) < 4.78 is 96.3. The van der Waals surface area contributed by atoms with Crippen LogP contribution in [0.1, 0.15) is 90.7 Å². The summed E-state index contributed by atoms with van der Waals surface area (Å²) in [6.45, 7) is 15.9. The van der Waals surface area contributed by atoms with Gasteiger partial charge in [-0.05, 0) is 138 Å². The third kappa shape index (κ3) is 13.6. The number of halogens is 7. The zero-order valence-electron chi connectivity index (χ0n) is 39.3. The van der Waals surface area contributed by atoms with E-state index in [1.807, 2.05) is 55.4 Å². The molecule has 0 bridgehead atoms. The van der Waals surface area contributed by atoms with E-state index in [1.165, 1.54) is 6.07 Å². The maximum absolute atomic E-state index is 13.7. The van der Waals surface area contributed by atoms with Gasteiger partial charge in [0.05, 0.1) is 17.3 Å². The van der Waals surface area contributed by atoms with E-state index in [0.717, 1.165) is 40.0 Å². The van der Waals surface area contributed by atoms with E-state index in [9.17, 15) is 41.0 Å². The zero-order chi connectivity index (χ0) is 50.6. The number of fused-ring (bicyclic) bond motifs is 2. The number of amides is 2. The summed E-state index contributed by atoms with van der Waals surface area (Å²) in [5, 5.41) is 9.66. The molecular formula is C53H57ClF6N2O6S2. The molecule has 0 spiro atoms. The maximum atomic E-state index is 13.7. The van der Waals surface area contributed by atoms with Crippen LogP contribution in [0.5, 0.6) is 11.5 Å². The molecule has 17 heteroatoms. The Morgan fingerprint density at radius 3 is 1.47 bits per heavy atom. The Kier molecular flexibility index (Phi) is 17.5. The Labute approximate surface area is 418 Å². The van der Waals surface area contributed by atoms with Gasteiger partial charge in [0.1, 0.15) is 39.1 Å². The number of carbonyl (C=O) groups is 2. The van der Waals surface area contributed by atoms with Crippen LogP contribution in [0.25, 0.3) is 22.3 Å². The topological polar surface area (TPSA) is 88.5 Å². The number of phenolic OH excluding ortho intramolecular Hbond substituents is 1. The van der Waals surface area contributed by atoms with E-state index in [2.05, 4.69) is 0 Å². The summed E-state index contributed by atoms with van der Waals surface area (Å²) in [5.41, 5.74) is 5.72. The van der Waals surface area contributed by atoms with Gasteiger partial charge in [0.15, 0.2) is 0 Å². The molecule has 1 N–H and O–H groups in total. The Bertz CT molecular complexity index is 2760. The van der Waals surface area contributed by atoms with E-state index >= 15 is 0 Å². The first-order valence-electron chi connectivity index (χ1n) is 21.9. The Morgan fingerprint density at radius 1 is 0.629 bits per heavy atom. The minimum Gasteiger partial charge on any atom is -0.508 e. The van der Waals surface area contributed by atoms with Crippen molar-refractivity contribution in [2.24, 2.45) is 0 Å². The summed E-state index contributed by atoms with van der Waals surface area (Å²) in [6.07, 6.45) is -8.08. The third-order valence-corrected chi connectivity index (χ3v) is 13.6. The van der Waals surface area contributed by atoms with Crippen molar-refractivity contribution in [2.45, 2.75) is 112 Å². The standard InChI is InChI=1S/C26H26F3NO3S.C14H19NO3.C12H8ClF3S.CH4/c1-16-19-12-13-30(24(31)33-25(2,3)4)21(19)10-11-22(16)32-15-18-14-20(17-8-6-5-7-9-17)23(34-18)26(27,28)29;1-9-10-7-8-15(11(10)5-6-12(9)16)13(17)18-14(2,3)4;13-7-9-6-10(8-4-2-1-3-5-8)11(17-9)12(14,15)16;/h5-11,14H,12-13,15H2,1-4H3;5-6,16H,7-8H2,1-4H3;1-6H,7H2;1H4. The number of rotatable bonds is 6. The third-order valence-electron chi connectivity index (χ3n) is 10.8. The fourth-order valence-electron chi connectivity index (χ4n) is 7.70. The van der Waals surface area contributed by atoms with Crippen molar-refractivity contribution in [3.63, 3.8) is 0 Å². The van der Waals surface area contributed by atoms with Crippen LogP contribution in [0.4, 0.5) is 47.3 Å². The van der Waals surface area contributed by atoms with Crippen LogP contribution in [0.2, 0.25) is 0 Å². The van der Waals surface area contributed by atoms with E-state index in [4.69, 9.17) is 25.8 Å². The molecule has 2 aliphatic heterocycles. The van der Waals surface area contributed by atoms with E-state index in [-0.39, 0.29) is 42.9 Å². The van der Waals surface area contributed by atoms with Crippen molar-refractivity contribution < 1.29 is 55.2 Å². The van der Waals surface area contributed by atoms with Crippen LogP contribution < -0.4 is 14.5 Å². The van der Waals surface area contributed by atoms with Gasteiger partial charge < -0.3 is 19.3 Å². The lowest BCUT2D eigenvalue weighted by Crippen LogP contribution is -2.35. The zero-order valence-corrected chi connectivity index (χ0v) is 41.7. The molecule has 0 aliphatic carbocycles. The Morgan fingerprint density at radius 2 is 1.04 bits per heavy atom. The Hall–Kier alpha value is -5.71. The van der Waals surface area contributed by atoms with E-state index < -0.39 is 39.4 Å². The fourth-order valence-corrected chi connectivity index (χ4v) is 9.80. The first kappa shape index (κ1) is 55.2. The summed E-state index contributed by atoms with van der Waals surface area (Å²) >= 11 is 7.00. The first-order chi connectivity index (χ1) is 32.3. The van der Waals surface area contributed by atoms with Gasteiger partial charge in [0, 0.05) is 34.0 Å². The molecule has 0 unspecified atom stereocenters. The van der Waals surface area contributed by atoms with E-state index in [0.29, 0.717) is 68.8 Å². The number of ether oxygens (including phenoxy) is 3. The molecule has 8 rings (SSSR count). The predicted octanol–water partition coefficient (Wildman–Crippen LogP) is 16.4. The lowest BCUT2D eigenvalue weighted by Gasteiger charge is -2.25. The normalized spacial score (nSPS) is 13.2. The molecule has 2 aromatic heterocycles. The van der Waals surface area contributed by atoms with Crippen LogP contribution in [0.3, 0.4) is 0 Å². The monoisotopic (exact) mass is 1030 g/mol. The van der Waals surface area contributed by atoms with Gasteiger partial charge in [0.2, 0.25) is 0 Å². The van der Waals surface area contributed by atoms with Crippen LogP contribution in [0.15, 0.2) is 97.1 Å². The summed E-state index contributed by atoms with van der Waals surface area (Å²) in [5.74, 6) is 0.966.